The molecule has 3 nitrogen and oxygen atoms in total. The summed E-state index contributed by atoms with van der Waals surface area (Å²) in [6, 6.07) is 7.99. The lowest BCUT2D eigenvalue weighted by Gasteiger charge is -1.96. The summed E-state index contributed by atoms with van der Waals surface area (Å²) >= 11 is 0. The Morgan fingerprint density at radius 3 is 3.15 bits per heavy atom. The molecule has 0 unspecified atom stereocenters. The van der Waals surface area contributed by atoms with Crippen molar-refractivity contribution in [2.45, 2.75) is 13.3 Å². The molecule has 0 atom stereocenters. The van der Waals surface area contributed by atoms with Crippen molar-refractivity contribution in [3.63, 3.8) is 0 Å². The maximum absolute atomic E-state index is 8.63. The van der Waals surface area contributed by atoms with Gasteiger partial charge in [-0.1, -0.05) is 12.1 Å². The van der Waals surface area contributed by atoms with Crippen LogP contribution in [0.1, 0.15) is 11.3 Å². The third-order valence-electron chi connectivity index (χ3n) is 2.12. The standard InChI is InChI=1S/C10H9N3/c1-7-10-8(5-6-11)3-2-4-9(10)13-12-7/h2-4H,5H2,1H3,(H,12,13). The number of hydrogen-bond acceptors (Lipinski definition) is 2. The smallest absolute Gasteiger partial charge is 0.0926 e. The van der Waals surface area contributed by atoms with Gasteiger partial charge in [0, 0.05) is 11.1 Å². The van der Waals surface area contributed by atoms with Crippen molar-refractivity contribution < 1.29 is 0 Å². The molecule has 1 aromatic carbocycles. The second kappa shape index (κ2) is 2.91. The van der Waals surface area contributed by atoms with Crippen molar-refractivity contribution in [2.75, 3.05) is 0 Å². The Kier molecular flexibility index (Phi) is 1.75. The Bertz CT molecular complexity index is 476. The molecule has 1 aromatic heterocycles. The summed E-state index contributed by atoms with van der Waals surface area (Å²) in [5.74, 6) is 0. The predicted octanol–water partition coefficient (Wildman–Crippen LogP) is 1.94. The van der Waals surface area contributed by atoms with Gasteiger partial charge in [0.15, 0.2) is 0 Å². The summed E-state index contributed by atoms with van der Waals surface area (Å²) < 4.78 is 0. The van der Waals surface area contributed by atoms with Crippen LogP contribution in [0, 0.1) is 18.3 Å². The molecule has 0 spiro atoms. The number of nitrogens with zero attached hydrogens (tertiary/aromatic N) is 2. The lowest BCUT2D eigenvalue weighted by molar-refractivity contribution is 1.07. The zero-order valence-corrected chi connectivity index (χ0v) is 7.33. The molecular formula is C10H9N3. The molecule has 1 heterocycles. The maximum atomic E-state index is 8.63. The van der Waals surface area contributed by atoms with E-state index in [0.717, 1.165) is 22.2 Å². The van der Waals surface area contributed by atoms with E-state index in [4.69, 9.17) is 5.26 Å². The highest BCUT2D eigenvalue weighted by molar-refractivity contribution is 5.84. The van der Waals surface area contributed by atoms with Crippen LogP contribution in [0.2, 0.25) is 0 Å². The van der Waals surface area contributed by atoms with Crippen LogP contribution in [-0.4, -0.2) is 10.2 Å². The average molecular weight is 171 g/mol. The van der Waals surface area contributed by atoms with Crippen molar-refractivity contribution in [2.24, 2.45) is 0 Å². The minimum absolute atomic E-state index is 0.442. The minimum atomic E-state index is 0.442. The van der Waals surface area contributed by atoms with E-state index >= 15 is 0 Å². The van der Waals surface area contributed by atoms with Gasteiger partial charge in [-0.3, -0.25) is 5.10 Å². The summed E-state index contributed by atoms with van der Waals surface area (Å²) in [5, 5.41) is 16.8. The van der Waals surface area contributed by atoms with Crippen LogP contribution < -0.4 is 0 Å². The van der Waals surface area contributed by atoms with E-state index in [9.17, 15) is 0 Å². The molecule has 3 heteroatoms. The van der Waals surface area contributed by atoms with Crippen LogP contribution in [0.25, 0.3) is 10.9 Å². The van der Waals surface area contributed by atoms with Gasteiger partial charge in [0.2, 0.25) is 0 Å². The molecular weight excluding hydrogens is 162 g/mol. The van der Waals surface area contributed by atoms with Gasteiger partial charge in [-0.05, 0) is 18.6 Å². The van der Waals surface area contributed by atoms with Crippen molar-refractivity contribution in [1.29, 1.82) is 5.26 Å². The number of rotatable bonds is 1. The second-order valence-electron chi connectivity index (χ2n) is 2.99. The molecule has 0 aliphatic carbocycles. The number of benzene rings is 1. The van der Waals surface area contributed by atoms with E-state index in [1.807, 2.05) is 25.1 Å². The molecule has 2 rings (SSSR count). The topological polar surface area (TPSA) is 52.5 Å². The highest BCUT2D eigenvalue weighted by atomic mass is 15.1. The molecule has 0 saturated heterocycles. The molecule has 0 fully saturated rings. The lowest BCUT2D eigenvalue weighted by Crippen LogP contribution is -1.83. The molecule has 64 valence electrons. The van der Waals surface area contributed by atoms with Crippen LogP contribution in [0.4, 0.5) is 0 Å². The van der Waals surface area contributed by atoms with Gasteiger partial charge >= 0.3 is 0 Å². The van der Waals surface area contributed by atoms with Gasteiger partial charge < -0.3 is 0 Å². The molecule has 0 amide bonds. The van der Waals surface area contributed by atoms with Gasteiger partial charge in [0.1, 0.15) is 0 Å². The molecule has 0 bridgehead atoms. The Morgan fingerprint density at radius 2 is 2.38 bits per heavy atom. The molecule has 0 saturated carbocycles. The van der Waals surface area contributed by atoms with E-state index in [0.29, 0.717) is 6.42 Å². The van der Waals surface area contributed by atoms with E-state index in [1.165, 1.54) is 0 Å². The Balaban J connectivity index is 2.74. The molecule has 2 aromatic rings. The highest BCUT2D eigenvalue weighted by Crippen LogP contribution is 2.19. The van der Waals surface area contributed by atoms with Crippen molar-refractivity contribution in [3.05, 3.63) is 29.5 Å². The number of fused-ring (bicyclic) bond motifs is 1. The van der Waals surface area contributed by atoms with Crippen molar-refractivity contribution in [1.82, 2.24) is 10.2 Å². The fourth-order valence-electron chi connectivity index (χ4n) is 1.55. The normalized spacial score (nSPS) is 10.2. The first kappa shape index (κ1) is 7.81. The van der Waals surface area contributed by atoms with Crippen molar-refractivity contribution in [3.8, 4) is 6.07 Å². The first-order chi connectivity index (χ1) is 6.33. The van der Waals surface area contributed by atoms with Gasteiger partial charge in [-0.15, -0.1) is 0 Å². The van der Waals surface area contributed by atoms with E-state index in [-0.39, 0.29) is 0 Å². The van der Waals surface area contributed by atoms with Crippen LogP contribution >= 0.6 is 0 Å². The highest BCUT2D eigenvalue weighted by Gasteiger charge is 2.05. The second-order valence-corrected chi connectivity index (χ2v) is 2.99. The summed E-state index contributed by atoms with van der Waals surface area (Å²) in [6.45, 7) is 1.97. The first-order valence-corrected chi connectivity index (χ1v) is 4.12. The fraction of sp³-hybridized carbons (Fsp3) is 0.200. The number of nitrogens with one attached hydrogen (secondary N) is 1. The quantitative estimate of drug-likeness (QED) is 0.712. The predicted molar refractivity (Wildman–Crippen MR) is 50.1 cm³/mol. The Labute approximate surface area is 76.0 Å². The van der Waals surface area contributed by atoms with Gasteiger partial charge in [0.05, 0.1) is 18.0 Å². The van der Waals surface area contributed by atoms with Crippen LogP contribution in [-0.2, 0) is 6.42 Å². The van der Waals surface area contributed by atoms with Gasteiger partial charge in [-0.2, -0.15) is 10.4 Å². The number of H-pyrrole nitrogens is 1. The number of aryl methyl sites for hydroxylation is 1. The molecule has 1 N–H and O–H groups in total. The van der Waals surface area contributed by atoms with Crippen LogP contribution in [0.5, 0.6) is 0 Å². The monoisotopic (exact) mass is 171 g/mol. The third kappa shape index (κ3) is 1.17. The summed E-state index contributed by atoms with van der Waals surface area (Å²) in [6.07, 6.45) is 0.442. The zero-order valence-electron chi connectivity index (χ0n) is 7.33. The van der Waals surface area contributed by atoms with Gasteiger partial charge in [-0.25, -0.2) is 0 Å². The molecule has 0 aliphatic rings. The molecule has 0 radical (unpaired) electrons. The molecule has 13 heavy (non-hydrogen) atoms. The number of aromatic amines is 1. The Morgan fingerprint density at radius 1 is 1.54 bits per heavy atom. The minimum Gasteiger partial charge on any atom is -0.282 e. The number of nitriles is 1. The summed E-state index contributed by atoms with van der Waals surface area (Å²) in [5.41, 5.74) is 3.01. The zero-order chi connectivity index (χ0) is 9.26. The van der Waals surface area contributed by atoms with Crippen LogP contribution in [0.3, 0.4) is 0 Å². The third-order valence-corrected chi connectivity index (χ3v) is 2.12. The lowest BCUT2D eigenvalue weighted by atomic mass is 10.1. The number of hydrogen-bond donors (Lipinski definition) is 1. The van der Waals surface area contributed by atoms with Crippen LogP contribution in [0.15, 0.2) is 18.2 Å². The fourth-order valence-corrected chi connectivity index (χ4v) is 1.55. The largest absolute Gasteiger partial charge is 0.282 e. The first-order valence-electron chi connectivity index (χ1n) is 4.12. The van der Waals surface area contributed by atoms with Gasteiger partial charge in [0.25, 0.3) is 0 Å². The van der Waals surface area contributed by atoms with Crippen molar-refractivity contribution >= 4 is 10.9 Å². The Hall–Kier alpha value is -1.82. The summed E-state index contributed by atoms with van der Waals surface area (Å²) in [7, 11) is 0. The SMILES string of the molecule is Cc1[nH]nc2cccc(CC#N)c12. The average Bonchev–Trinajstić information content (AvgIpc) is 2.50. The summed E-state index contributed by atoms with van der Waals surface area (Å²) in [4.78, 5) is 0. The van der Waals surface area contributed by atoms with E-state index in [2.05, 4.69) is 16.3 Å². The molecule has 0 aliphatic heterocycles. The number of aromatic nitrogens is 2. The maximum Gasteiger partial charge on any atom is 0.0926 e. The van der Waals surface area contributed by atoms with E-state index < -0.39 is 0 Å². The van der Waals surface area contributed by atoms with E-state index in [1.54, 1.807) is 0 Å².